The minimum absolute atomic E-state index is 0.141. The summed E-state index contributed by atoms with van der Waals surface area (Å²) in [7, 11) is 2.03. The highest BCUT2D eigenvalue weighted by atomic mass is 16.5. The zero-order chi connectivity index (χ0) is 13.7. The molecule has 4 heteroatoms. The Morgan fingerprint density at radius 2 is 2.16 bits per heavy atom. The van der Waals surface area contributed by atoms with Crippen LogP contribution in [0.5, 0.6) is 5.88 Å². The molecular formula is C15H21N3O. The molecule has 102 valence electrons. The molecule has 0 radical (unpaired) electrons. The molecular weight excluding hydrogens is 238 g/mol. The van der Waals surface area contributed by atoms with Gasteiger partial charge < -0.3 is 14.6 Å². The van der Waals surface area contributed by atoms with Gasteiger partial charge in [0.05, 0.1) is 6.10 Å². The molecule has 19 heavy (non-hydrogen) atoms. The van der Waals surface area contributed by atoms with Crippen LogP contribution in [0, 0.1) is 0 Å². The molecule has 0 aromatic carbocycles. The summed E-state index contributed by atoms with van der Waals surface area (Å²) in [5.74, 6) is 0.720. The van der Waals surface area contributed by atoms with E-state index < -0.39 is 0 Å². The number of nitrogens with zero attached hydrogens (tertiary/aromatic N) is 2. The van der Waals surface area contributed by atoms with Crippen LogP contribution in [0.3, 0.4) is 0 Å². The largest absolute Gasteiger partial charge is 0.475 e. The second kappa shape index (κ2) is 6.38. The predicted octanol–water partition coefficient (Wildman–Crippen LogP) is 2.50. The number of hydrogen-bond donors (Lipinski definition) is 1. The lowest BCUT2D eigenvalue weighted by atomic mass is 10.2. The van der Waals surface area contributed by atoms with E-state index in [2.05, 4.69) is 22.6 Å². The first-order valence-corrected chi connectivity index (χ1v) is 6.57. The van der Waals surface area contributed by atoms with Crippen molar-refractivity contribution in [1.29, 1.82) is 0 Å². The van der Waals surface area contributed by atoms with Crippen molar-refractivity contribution in [1.82, 2.24) is 14.9 Å². The molecule has 2 rings (SSSR count). The minimum Gasteiger partial charge on any atom is -0.475 e. The molecule has 0 aliphatic carbocycles. The van der Waals surface area contributed by atoms with Gasteiger partial charge in [-0.15, -0.1) is 0 Å². The highest BCUT2D eigenvalue weighted by Gasteiger charge is 2.06. The number of hydrogen-bond acceptors (Lipinski definition) is 3. The lowest BCUT2D eigenvalue weighted by Crippen LogP contribution is -2.15. The summed E-state index contributed by atoms with van der Waals surface area (Å²) in [6.45, 7) is 5.62. The van der Waals surface area contributed by atoms with Gasteiger partial charge in [0.1, 0.15) is 0 Å². The highest BCUT2D eigenvalue weighted by Crippen LogP contribution is 2.15. The average molecular weight is 259 g/mol. The van der Waals surface area contributed by atoms with Crippen LogP contribution >= 0.6 is 0 Å². The Balaban J connectivity index is 1.92. The molecule has 2 aromatic rings. The Hall–Kier alpha value is -1.81. The van der Waals surface area contributed by atoms with Crippen LogP contribution < -0.4 is 10.1 Å². The Bertz CT molecular complexity index is 520. The lowest BCUT2D eigenvalue weighted by Gasteiger charge is -2.13. The highest BCUT2D eigenvalue weighted by molar-refractivity contribution is 5.25. The van der Waals surface area contributed by atoms with E-state index in [9.17, 15) is 0 Å². The summed E-state index contributed by atoms with van der Waals surface area (Å²) in [5, 5.41) is 3.41. The monoisotopic (exact) mass is 259 g/mol. The number of rotatable bonds is 6. The lowest BCUT2D eigenvalue weighted by molar-refractivity contribution is 0.229. The third-order valence-corrected chi connectivity index (χ3v) is 2.74. The molecule has 0 bridgehead atoms. The van der Waals surface area contributed by atoms with Crippen LogP contribution in [0.1, 0.15) is 25.0 Å². The van der Waals surface area contributed by atoms with Gasteiger partial charge >= 0.3 is 0 Å². The number of ether oxygens (including phenoxy) is 1. The van der Waals surface area contributed by atoms with Crippen LogP contribution in [0.4, 0.5) is 0 Å². The van der Waals surface area contributed by atoms with Gasteiger partial charge in [-0.3, -0.25) is 0 Å². The van der Waals surface area contributed by atoms with Gasteiger partial charge in [0.2, 0.25) is 5.88 Å². The molecule has 0 unspecified atom stereocenters. The maximum Gasteiger partial charge on any atom is 0.218 e. The molecule has 0 amide bonds. The second-order valence-electron chi connectivity index (χ2n) is 4.92. The minimum atomic E-state index is 0.141. The maximum atomic E-state index is 5.70. The molecule has 4 nitrogen and oxygen atoms in total. The van der Waals surface area contributed by atoms with Gasteiger partial charge in [0.15, 0.2) is 0 Å². The Kier molecular flexibility index (Phi) is 4.58. The smallest absolute Gasteiger partial charge is 0.218 e. The number of aromatic nitrogens is 2. The summed E-state index contributed by atoms with van der Waals surface area (Å²) < 4.78 is 7.75. The van der Waals surface area contributed by atoms with Crippen molar-refractivity contribution in [3.63, 3.8) is 0 Å². The number of pyridine rings is 1. The Morgan fingerprint density at radius 3 is 2.84 bits per heavy atom. The van der Waals surface area contributed by atoms with Crippen molar-refractivity contribution in [2.45, 2.75) is 33.0 Å². The van der Waals surface area contributed by atoms with Gasteiger partial charge in [-0.05, 0) is 31.5 Å². The summed E-state index contributed by atoms with van der Waals surface area (Å²) >= 11 is 0. The van der Waals surface area contributed by atoms with Crippen LogP contribution in [-0.4, -0.2) is 15.7 Å². The normalized spacial score (nSPS) is 10.9. The topological polar surface area (TPSA) is 39.1 Å². The number of aryl methyl sites for hydroxylation is 1. The number of nitrogens with one attached hydrogen (secondary N) is 1. The first-order valence-electron chi connectivity index (χ1n) is 6.57. The van der Waals surface area contributed by atoms with Gasteiger partial charge in [0, 0.05) is 44.3 Å². The maximum absolute atomic E-state index is 5.70. The molecule has 2 heterocycles. The quantitative estimate of drug-likeness (QED) is 0.866. The van der Waals surface area contributed by atoms with Gasteiger partial charge in [-0.1, -0.05) is 6.07 Å². The zero-order valence-corrected chi connectivity index (χ0v) is 11.8. The molecule has 0 fully saturated rings. The molecule has 0 aliphatic rings. The average Bonchev–Trinajstić information content (AvgIpc) is 2.77. The van der Waals surface area contributed by atoms with Crippen LogP contribution in [0.25, 0.3) is 0 Å². The van der Waals surface area contributed by atoms with Crippen LogP contribution in [0.2, 0.25) is 0 Å². The Labute approximate surface area is 114 Å². The third-order valence-electron chi connectivity index (χ3n) is 2.74. The van der Waals surface area contributed by atoms with E-state index in [1.165, 1.54) is 5.56 Å². The SMILES string of the molecule is CC(C)Oc1ncccc1CNCc1ccn(C)c1. The molecule has 0 aliphatic heterocycles. The molecule has 0 saturated carbocycles. The molecule has 0 saturated heterocycles. The van der Waals surface area contributed by atoms with E-state index in [4.69, 9.17) is 4.74 Å². The first-order chi connectivity index (χ1) is 9.15. The van der Waals surface area contributed by atoms with Crippen molar-refractivity contribution >= 4 is 0 Å². The summed E-state index contributed by atoms with van der Waals surface area (Å²) in [6, 6.07) is 6.09. The fraction of sp³-hybridized carbons (Fsp3) is 0.400. The molecule has 0 spiro atoms. The summed E-state index contributed by atoms with van der Waals surface area (Å²) in [4.78, 5) is 4.28. The fourth-order valence-corrected chi connectivity index (χ4v) is 1.90. The van der Waals surface area contributed by atoms with E-state index in [0.29, 0.717) is 0 Å². The van der Waals surface area contributed by atoms with Crippen molar-refractivity contribution in [3.05, 3.63) is 47.9 Å². The van der Waals surface area contributed by atoms with Crippen LogP contribution in [0.15, 0.2) is 36.8 Å². The van der Waals surface area contributed by atoms with Gasteiger partial charge in [-0.25, -0.2) is 4.98 Å². The van der Waals surface area contributed by atoms with E-state index in [0.717, 1.165) is 24.5 Å². The third kappa shape index (κ3) is 4.10. The van der Waals surface area contributed by atoms with Crippen molar-refractivity contribution in [2.75, 3.05) is 0 Å². The molecule has 1 N–H and O–H groups in total. The van der Waals surface area contributed by atoms with Crippen molar-refractivity contribution < 1.29 is 4.74 Å². The van der Waals surface area contributed by atoms with E-state index in [1.807, 2.05) is 43.8 Å². The van der Waals surface area contributed by atoms with E-state index in [1.54, 1.807) is 6.20 Å². The summed E-state index contributed by atoms with van der Waals surface area (Å²) in [6.07, 6.45) is 6.07. The summed E-state index contributed by atoms with van der Waals surface area (Å²) in [5.41, 5.74) is 2.37. The molecule has 0 atom stereocenters. The molecule has 2 aromatic heterocycles. The second-order valence-corrected chi connectivity index (χ2v) is 4.92. The Morgan fingerprint density at radius 1 is 1.32 bits per heavy atom. The van der Waals surface area contributed by atoms with Gasteiger partial charge in [-0.2, -0.15) is 0 Å². The van der Waals surface area contributed by atoms with E-state index in [-0.39, 0.29) is 6.10 Å². The predicted molar refractivity (Wildman–Crippen MR) is 76.0 cm³/mol. The van der Waals surface area contributed by atoms with Crippen molar-refractivity contribution in [2.24, 2.45) is 7.05 Å². The van der Waals surface area contributed by atoms with Crippen molar-refractivity contribution in [3.8, 4) is 5.88 Å². The van der Waals surface area contributed by atoms with E-state index >= 15 is 0 Å². The van der Waals surface area contributed by atoms with Gasteiger partial charge in [0.25, 0.3) is 0 Å². The zero-order valence-electron chi connectivity index (χ0n) is 11.8. The standard InChI is InChI=1S/C15H21N3O/c1-12(2)19-15-14(5-4-7-17-15)10-16-9-13-6-8-18(3)11-13/h4-8,11-12,16H,9-10H2,1-3H3. The fourth-order valence-electron chi connectivity index (χ4n) is 1.90. The van der Waals surface area contributed by atoms with Crippen LogP contribution in [-0.2, 0) is 20.1 Å². The first kappa shape index (κ1) is 13.6.